The minimum atomic E-state index is -0.144. The van der Waals surface area contributed by atoms with Crippen LogP contribution in [0.1, 0.15) is 17.3 Å². The van der Waals surface area contributed by atoms with E-state index in [1.165, 1.54) is 0 Å². The van der Waals surface area contributed by atoms with Crippen LogP contribution in [0.3, 0.4) is 0 Å². The average molecular weight is 301 g/mol. The van der Waals surface area contributed by atoms with Crippen LogP contribution in [0, 0.1) is 5.92 Å². The molecule has 0 bridgehead atoms. The van der Waals surface area contributed by atoms with Crippen LogP contribution < -0.4 is 15.8 Å². The van der Waals surface area contributed by atoms with Gasteiger partial charge < -0.3 is 15.8 Å². The number of methoxy groups -OCH3 is 1. The van der Waals surface area contributed by atoms with Gasteiger partial charge in [0.15, 0.2) is 0 Å². The van der Waals surface area contributed by atoms with Crippen molar-refractivity contribution in [2.45, 2.75) is 6.92 Å². The largest absolute Gasteiger partial charge is 0.496 e. The van der Waals surface area contributed by atoms with Gasteiger partial charge >= 0.3 is 0 Å². The Labute approximate surface area is 110 Å². The summed E-state index contributed by atoms with van der Waals surface area (Å²) in [5.41, 5.74) is 6.02. The molecular weight excluding hydrogens is 284 g/mol. The predicted molar refractivity (Wildman–Crippen MR) is 71.2 cm³/mol. The van der Waals surface area contributed by atoms with Crippen molar-refractivity contribution in [1.82, 2.24) is 5.32 Å². The second-order valence-electron chi connectivity index (χ2n) is 3.90. The maximum absolute atomic E-state index is 11.9. The van der Waals surface area contributed by atoms with Gasteiger partial charge in [0, 0.05) is 11.0 Å². The molecule has 5 heteroatoms. The van der Waals surface area contributed by atoms with Gasteiger partial charge in [-0.05, 0) is 30.7 Å². The summed E-state index contributed by atoms with van der Waals surface area (Å²) in [5, 5.41) is 2.83. The van der Waals surface area contributed by atoms with E-state index >= 15 is 0 Å². The Hall–Kier alpha value is -1.07. The van der Waals surface area contributed by atoms with Gasteiger partial charge in [0.05, 0.1) is 12.7 Å². The fourth-order valence-corrected chi connectivity index (χ4v) is 1.64. The molecule has 4 nitrogen and oxygen atoms in total. The van der Waals surface area contributed by atoms with Crippen LogP contribution in [-0.2, 0) is 0 Å². The number of carbonyl (C=O) groups is 1. The van der Waals surface area contributed by atoms with Crippen molar-refractivity contribution in [1.29, 1.82) is 0 Å². The number of nitrogens with one attached hydrogen (secondary N) is 1. The van der Waals surface area contributed by atoms with Crippen LogP contribution in [-0.4, -0.2) is 26.1 Å². The van der Waals surface area contributed by atoms with E-state index in [4.69, 9.17) is 10.5 Å². The van der Waals surface area contributed by atoms with Crippen LogP contribution in [0.15, 0.2) is 22.7 Å². The first kappa shape index (κ1) is 14.0. The zero-order valence-electron chi connectivity index (χ0n) is 10.00. The lowest BCUT2D eigenvalue weighted by Gasteiger charge is -2.12. The summed E-state index contributed by atoms with van der Waals surface area (Å²) >= 11 is 3.33. The van der Waals surface area contributed by atoms with Crippen molar-refractivity contribution < 1.29 is 9.53 Å². The van der Waals surface area contributed by atoms with Crippen molar-refractivity contribution in [3.63, 3.8) is 0 Å². The molecule has 0 spiro atoms. The molecule has 0 saturated carbocycles. The molecule has 0 radical (unpaired) electrons. The third kappa shape index (κ3) is 4.02. The topological polar surface area (TPSA) is 64.3 Å². The van der Waals surface area contributed by atoms with E-state index in [0.29, 0.717) is 24.4 Å². The molecule has 94 valence electrons. The number of nitrogens with two attached hydrogens (primary N) is 1. The van der Waals surface area contributed by atoms with Crippen LogP contribution in [0.4, 0.5) is 0 Å². The van der Waals surface area contributed by atoms with Crippen LogP contribution >= 0.6 is 15.9 Å². The van der Waals surface area contributed by atoms with Crippen molar-refractivity contribution in [2.24, 2.45) is 11.7 Å². The molecule has 0 aliphatic rings. The van der Waals surface area contributed by atoms with E-state index in [9.17, 15) is 4.79 Å². The molecule has 0 heterocycles. The average Bonchev–Trinajstić information content (AvgIpc) is 2.35. The smallest absolute Gasteiger partial charge is 0.255 e. The Balaban J connectivity index is 2.75. The molecule has 1 aromatic carbocycles. The number of amides is 1. The first-order chi connectivity index (χ1) is 8.08. The Morgan fingerprint density at radius 1 is 1.59 bits per heavy atom. The summed E-state index contributed by atoms with van der Waals surface area (Å²) in [6.45, 7) is 3.10. The third-order valence-corrected chi connectivity index (χ3v) is 2.91. The number of carbonyl (C=O) groups excluding carboxylic acids is 1. The molecule has 1 unspecified atom stereocenters. The lowest BCUT2D eigenvalue weighted by molar-refractivity contribution is 0.0945. The van der Waals surface area contributed by atoms with Gasteiger partial charge in [0.1, 0.15) is 5.75 Å². The fraction of sp³-hybridized carbons (Fsp3) is 0.417. The van der Waals surface area contributed by atoms with Crippen LogP contribution in [0.2, 0.25) is 0 Å². The second kappa shape index (κ2) is 6.61. The van der Waals surface area contributed by atoms with Gasteiger partial charge in [-0.3, -0.25) is 4.79 Å². The molecule has 1 atom stereocenters. The van der Waals surface area contributed by atoms with Gasteiger partial charge in [-0.1, -0.05) is 22.9 Å². The van der Waals surface area contributed by atoms with E-state index in [0.717, 1.165) is 4.47 Å². The molecule has 1 aromatic rings. The molecule has 0 aliphatic carbocycles. The molecule has 0 saturated heterocycles. The predicted octanol–water partition coefficient (Wildman–Crippen LogP) is 1.78. The van der Waals surface area contributed by atoms with Crippen molar-refractivity contribution in [3.8, 4) is 5.75 Å². The number of hydrogen-bond donors (Lipinski definition) is 2. The standard InChI is InChI=1S/C12H17BrN2O2/c1-8(6-14)7-15-12(16)10-4-3-9(13)5-11(10)17-2/h3-5,8H,6-7,14H2,1-2H3,(H,15,16). The van der Waals surface area contributed by atoms with Crippen molar-refractivity contribution in [3.05, 3.63) is 28.2 Å². The maximum atomic E-state index is 11.9. The van der Waals surface area contributed by atoms with Crippen LogP contribution in [0.5, 0.6) is 5.75 Å². The SMILES string of the molecule is COc1cc(Br)ccc1C(=O)NCC(C)CN. The number of hydrogen-bond acceptors (Lipinski definition) is 3. The minimum Gasteiger partial charge on any atom is -0.496 e. The normalized spacial score (nSPS) is 12.0. The number of halogens is 1. The zero-order valence-corrected chi connectivity index (χ0v) is 11.6. The number of rotatable bonds is 5. The monoisotopic (exact) mass is 300 g/mol. The Morgan fingerprint density at radius 2 is 2.29 bits per heavy atom. The van der Waals surface area contributed by atoms with Crippen molar-refractivity contribution in [2.75, 3.05) is 20.2 Å². The molecule has 1 rings (SSSR count). The molecule has 0 aliphatic heterocycles. The highest BCUT2D eigenvalue weighted by molar-refractivity contribution is 9.10. The summed E-state index contributed by atoms with van der Waals surface area (Å²) in [6, 6.07) is 5.30. The van der Waals surface area contributed by atoms with E-state index in [1.54, 1.807) is 19.2 Å². The van der Waals surface area contributed by atoms with Gasteiger partial charge in [-0.25, -0.2) is 0 Å². The summed E-state index contributed by atoms with van der Waals surface area (Å²) in [4.78, 5) is 11.9. The van der Waals surface area contributed by atoms with Gasteiger partial charge in [-0.2, -0.15) is 0 Å². The Kier molecular flexibility index (Phi) is 5.44. The molecule has 0 aromatic heterocycles. The quantitative estimate of drug-likeness (QED) is 0.871. The Morgan fingerprint density at radius 3 is 2.88 bits per heavy atom. The highest BCUT2D eigenvalue weighted by Gasteiger charge is 2.12. The summed E-state index contributed by atoms with van der Waals surface area (Å²) in [7, 11) is 1.54. The van der Waals surface area contributed by atoms with Crippen molar-refractivity contribution >= 4 is 21.8 Å². The van der Waals surface area contributed by atoms with E-state index in [-0.39, 0.29) is 11.8 Å². The lowest BCUT2D eigenvalue weighted by Crippen LogP contribution is -2.31. The minimum absolute atomic E-state index is 0.144. The first-order valence-corrected chi connectivity index (χ1v) is 6.19. The van der Waals surface area contributed by atoms with Gasteiger partial charge in [0.2, 0.25) is 0 Å². The van der Waals surface area contributed by atoms with E-state index in [1.807, 2.05) is 13.0 Å². The van der Waals surface area contributed by atoms with E-state index < -0.39 is 0 Å². The molecular formula is C12H17BrN2O2. The van der Waals surface area contributed by atoms with Gasteiger partial charge in [0.25, 0.3) is 5.91 Å². The molecule has 17 heavy (non-hydrogen) atoms. The number of benzene rings is 1. The fourth-order valence-electron chi connectivity index (χ4n) is 1.30. The highest BCUT2D eigenvalue weighted by Crippen LogP contribution is 2.23. The molecule has 1 amide bonds. The summed E-state index contributed by atoms with van der Waals surface area (Å²) in [5.74, 6) is 0.673. The lowest BCUT2D eigenvalue weighted by atomic mass is 10.1. The number of ether oxygens (including phenoxy) is 1. The summed E-state index contributed by atoms with van der Waals surface area (Å²) < 4.78 is 6.04. The first-order valence-electron chi connectivity index (χ1n) is 5.40. The third-order valence-electron chi connectivity index (χ3n) is 2.42. The Bertz CT molecular complexity index is 396. The molecule has 0 fully saturated rings. The highest BCUT2D eigenvalue weighted by atomic mass is 79.9. The zero-order chi connectivity index (χ0) is 12.8. The van der Waals surface area contributed by atoms with Crippen LogP contribution in [0.25, 0.3) is 0 Å². The second-order valence-corrected chi connectivity index (χ2v) is 4.81. The van der Waals surface area contributed by atoms with Gasteiger partial charge in [-0.15, -0.1) is 0 Å². The van der Waals surface area contributed by atoms with E-state index in [2.05, 4.69) is 21.2 Å². The summed E-state index contributed by atoms with van der Waals surface area (Å²) in [6.07, 6.45) is 0. The maximum Gasteiger partial charge on any atom is 0.255 e. The molecule has 3 N–H and O–H groups in total.